The van der Waals surface area contributed by atoms with Crippen LogP contribution in [-0.4, -0.2) is 31.6 Å². The molecule has 1 aromatic heterocycles. The quantitative estimate of drug-likeness (QED) is 0.843. The molecule has 4 nitrogen and oxygen atoms in total. The standard InChI is InChI=1S/C15H15F2NO3S2/c16-12-4-3-11(10-13(12)17)23(19,20)18-6-5-15(22-9-7-18)14-2-1-8-21-14/h1-4,8,10,15H,5-7,9H2. The molecule has 124 valence electrons. The van der Waals surface area contributed by atoms with Crippen LogP contribution in [0.1, 0.15) is 17.4 Å². The van der Waals surface area contributed by atoms with Gasteiger partial charge in [-0.2, -0.15) is 4.31 Å². The summed E-state index contributed by atoms with van der Waals surface area (Å²) in [5.74, 6) is -0.798. The molecule has 0 radical (unpaired) electrons. The third-order valence-electron chi connectivity index (χ3n) is 3.69. The van der Waals surface area contributed by atoms with Gasteiger partial charge < -0.3 is 4.42 Å². The topological polar surface area (TPSA) is 50.5 Å². The Morgan fingerprint density at radius 2 is 2.00 bits per heavy atom. The maximum atomic E-state index is 13.3. The van der Waals surface area contributed by atoms with E-state index in [1.54, 1.807) is 24.1 Å². The lowest BCUT2D eigenvalue weighted by Gasteiger charge is -2.19. The van der Waals surface area contributed by atoms with Gasteiger partial charge in [-0.15, -0.1) is 11.8 Å². The number of benzene rings is 1. The second kappa shape index (κ2) is 6.62. The normalized spacial score (nSPS) is 20.3. The summed E-state index contributed by atoms with van der Waals surface area (Å²) in [6.07, 6.45) is 2.19. The van der Waals surface area contributed by atoms with E-state index < -0.39 is 21.7 Å². The molecule has 8 heteroatoms. The highest BCUT2D eigenvalue weighted by atomic mass is 32.2. The molecule has 0 spiro atoms. The third-order valence-corrected chi connectivity index (χ3v) is 6.87. The Kier molecular flexibility index (Phi) is 4.74. The fourth-order valence-electron chi connectivity index (χ4n) is 2.48. The number of hydrogen-bond acceptors (Lipinski definition) is 4. The summed E-state index contributed by atoms with van der Waals surface area (Å²) in [7, 11) is -3.83. The first-order valence-corrected chi connectivity index (χ1v) is 9.57. The summed E-state index contributed by atoms with van der Waals surface area (Å²) in [5.41, 5.74) is 0. The molecule has 0 saturated carbocycles. The van der Waals surface area contributed by atoms with Crippen molar-refractivity contribution in [1.82, 2.24) is 4.31 Å². The van der Waals surface area contributed by atoms with E-state index in [0.717, 1.165) is 24.0 Å². The minimum absolute atomic E-state index is 0.0927. The summed E-state index contributed by atoms with van der Waals surface area (Å²) in [6.45, 7) is 0.628. The lowest BCUT2D eigenvalue weighted by atomic mass is 10.2. The van der Waals surface area contributed by atoms with E-state index in [0.29, 0.717) is 25.3 Å². The van der Waals surface area contributed by atoms with Gasteiger partial charge >= 0.3 is 0 Å². The van der Waals surface area contributed by atoms with Crippen LogP contribution in [0.2, 0.25) is 0 Å². The van der Waals surface area contributed by atoms with Gasteiger partial charge in [0.1, 0.15) is 5.76 Å². The van der Waals surface area contributed by atoms with Gasteiger partial charge in [0.25, 0.3) is 0 Å². The van der Waals surface area contributed by atoms with Crippen LogP contribution in [0.5, 0.6) is 0 Å². The second-order valence-electron chi connectivity index (χ2n) is 5.14. The zero-order valence-electron chi connectivity index (χ0n) is 12.1. The van der Waals surface area contributed by atoms with Gasteiger partial charge in [-0.3, -0.25) is 0 Å². The van der Waals surface area contributed by atoms with Crippen LogP contribution in [0.25, 0.3) is 0 Å². The van der Waals surface area contributed by atoms with E-state index in [-0.39, 0.29) is 10.1 Å². The van der Waals surface area contributed by atoms with E-state index in [4.69, 9.17) is 4.42 Å². The molecule has 1 saturated heterocycles. The summed E-state index contributed by atoms with van der Waals surface area (Å²) in [4.78, 5) is -0.224. The average molecular weight is 359 g/mol. The lowest BCUT2D eigenvalue weighted by Crippen LogP contribution is -2.33. The number of nitrogens with zero attached hydrogens (tertiary/aromatic N) is 1. The summed E-state index contributed by atoms with van der Waals surface area (Å²) in [6, 6.07) is 6.33. The minimum atomic E-state index is -3.83. The number of sulfonamides is 1. The number of rotatable bonds is 3. The Morgan fingerprint density at radius 1 is 1.17 bits per heavy atom. The molecule has 1 fully saturated rings. The lowest BCUT2D eigenvalue weighted by molar-refractivity contribution is 0.416. The van der Waals surface area contributed by atoms with Crippen LogP contribution in [0.4, 0.5) is 8.78 Å². The van der Waals surface area contributed by atoms with Crippen LogP contribution in [-0.2, 0) is 10.0 Å². The molecule has 3 rings (SSSR count). The van der Waals surface area contributed by atoms with Crippen molar-refractivity contribution in [2.24, 2.45) is 0 Å². The van der Waals surface area contributed by atoms with E-state index in [1.807, 2.05) is 6.07 Å². The van der Waals surface area contributed by atoms with Crippen LogP contribution in [0, 0.1) is 11.6 Å². The van der Waals surface area contributed by atoms with Gasteiger partial charge in [-0.1, -0.05) is 0 Å². The van der Waals surface area contributed by atoms with Crippen molar-refractivity contribution < 1.29 is 21.6 Å². The molecule has 2 aromatic rings. The van der Waals surface area contributed by atoms with E-state index >= 15 is 0 Å². The van der Waals surface area contributed by atoms with Gasteiger partial charge in [-0.25, -0.2) is 17.2 Å². The van der Waals surface area contributed by atoms with Crippen molar-refractivity contribution in [3.8, 4) is 0 Å². The molecular formula is C15H15F2NO3S2. The van der Waals surface area contributed by atoms with Gasteiger partial charge in [0, 0.05) is 18.8 Å². The minimum Gasteiger partial charge on any atom is -0.468 e. The molecule has 1 aliphatic rings. The van der Waals surface area contributed by atoms with Crippen molar-refractivity contribution in [2.45, 2.75) is 16.6 Å². The molecule has 1 aliphatic heterocycles. The maximum absolute atomic E-state index is 13.3. The van der Waals surface area contributed by atoms with Crippen LogP contribution in [0.3, 0.4) is 0 Å². The predicted molar refractivity (Wildman–Crippen MR) is 83.6 cm³/mol. The largest absolute Gasteiger partial charge is 0.468 e. The van der Waals surface area contributed by atoms with Gasteiger partial charge in [0.15, 0.2) is 11.6 Å². The van der Waals surface area contributed by atoms with Gasteiger partial charge in [-0.05, 0) is 36.8 Å². The zero-order chi connectivity index (χ0) is 16.4. The first kappa shape index (κ1) is 16.5. The smallest absolute Gasteiger partial charge is 0.243 e. The third kappa shape index (κ3) is 3.44. The Bertz CT molecular complexity index is 778. The molecule has 1 unspecified atom stereocenters. The Balaban J connectivity index is 1.79. The number of furan rings is 1. The van der Waals surface area contributed by atoms with E-state index in [1.165, 1.54) is 4.31 Å². The summed E-state index contributed by atoms with van der Waals surface area (Å²) in [5, 5.41) is 0.0927. The monoisotopic (exact) mass is 359 g/mol. The Hall–Kier alpha value is -1.38. The van der Waals surface area contributed by atoms with Crippen LogP contribution in [0.15, 0.2) is 45.9 Å². The molecule has 0 amide bonds. The molecule has 1 atom stereocenters. The van der Waals surface area contributed by atoms with Crippen molar-refractivity contribution in [3.63, 3.8) is 0 Å². The van der Waals surface area contributed by atoms with Crippen molar-refractivity contribution in [2.75, 3.05) is 18.8 Å². The second-order valence-corrected chi connectivity index (χ2v) is 8.39. The van der Waals surface area contributed by atoms with Gasteiger partial charge in [0.2, 0.25) is 10.0 Å². The highest BCUT2D eigenvalue weighted by Gasteiger charge is 2.29. The van der Waals surface area contributed by atoms with Crippen molar-refractivity contribution in [3.05, 3.63) is 54.0 Å². The fraction of sp³-hybridized carbons (Fsp3) is 0.333. The average Bonchev–Trinajstić information content (AvgIpc) is 2.94. The van der Waals surface area contributed by atoms with Gasteiger partial charge in [0.05, 0.1) is 16.4 Å². The zero-order valence-corrected chi connectivity index (χ0v) is 13.7. The molecular weight excluding hydrogens is 344 g/mol. The fourth-order valence-corrected chi connectivity index (χ4v) is 5.24. The summed E-state index contributed by atoms with van der Waals surface area (Å²) < 4.78 is 58.2. The maximum Gasteiger partial charge on any atom is 0.243 e. The van der Waals surface area contributed by atoms with Crippen LogP contribution < -0.4 is 0 Å². The van der Waals surface area contributed by atoms with E-state index in [9.17, 15) is 17.2 Å². The first-order chi connectivity index (χ1) is 11.0. The molecule has 1 aromatic carbocycles. The Morgan fingerprint density at radius 3 is 2.70 bits per heavy atom. The first-order valence-electron chi connectivity index (χ1n) is 7.08. The SMILES string of the molecule is O=S(=O)(c1ccc(F)c(F)c1)N1CCSC(c2ccco2)CC1. The number of thioether (sulfide) groups is 1. The van der Waals surface area contributed by atoms with E-state index in [2.05, 4.69) is 0 Å². The predicted octanol–water partition coefficient (Wildman–Crippen LogP) is 3.43. The molecule has 23 heavy (non-hydrogen) atoms. The van der Waals surface area contributed by atoms with Crippen molar-refractivity contribution >= 4 is 21.8 Å². The Labute approximate surface area is 137 Å². The molecule has 0 aliphatic carbocycles. The molecule has 2 heterocycles. The number of halogens is 2. The van der Waals surface area contributed by atoms with Crippen molar-refractivity contribution in [1.29, 1.82) is 0 Å². The number of hydrogen-bond donors (Lipinski definition) is 0. The van der Waals surface area contributed by atoms with Crippen LogP contribution >= 0.6 is 11.8 Å². The summed E-state index contributed by atoms with van der Waals surface area (Å²) >= 11 is 1.63. The highest BCUT2D eigenvalue weighted by molar-refractivity contribution is 7.99. The highest BCUT2D eigenvalue weighted by Crippen LogP contribution is 2.35. The molecule has 0 N–H and O–H groups in total. The molecule has 0 bridgehead atoms.